The van der Waals surface area contributed by atoms with Crippen LogP contribution in [0.25, 0.3) is 15.9 Å². The molecule has 0 amide bonds. The number of nitrogens with zero attached hydrogens (tertiary/aromatic N) is 3. The molecule has 2 aromatic carbocycles. The highest BCUT2D eigenvalue weighted by molar-refractivity contribution is 7.99. The second-order valence-electron chi connectivity index (χ2n) is 9.98. The van der Waals surface area contributed by atoms with Crippen molar-refractivity contribution in [2.75, 3.05) is 19.4 Å². The molecule has 5 nitrogen and oxygen atoms in total. The molecule has 200 valence electrons. The summed E-state index contributed by atoms with van der Waals surface area (Å²) in [6.07, 6.45) is 8.42. The van der Waals surface area contributed by atoms with E-state index in [0.717, 1.165) is 65.0 Å². The van der Waals surface area contributed by atoms with Crippen LogP contribution < -0.4 is 10.3 Å². The van der Waals surface area contributed by atoms with Crippen LogP contribution >= 0.6 is 23.1 Å². The lowest BCUT2D eigenvalue weighted by Crippen LogP contribution is -2.30. The van der Waals surface area contributed by atoms with Crippen LogP contribution in [0.5, 0.6) is 5.75 Å². The summed E-state index contributed by atoms with van der Waals surface area (Å²) in [6, 6.07) is 18.4. The first kappa shape index (κ1) is 27.0. The van der Waals surface area contributed by atoms with Gasteiger partial charge in [0.25, 0.3) is 5.56 Å². The second-order valence-corrected chi connectivity index (χ2v) is 12.1. The van der Waals surface area contributed by atoms with Crippen LogP contribution in [0.3, 0.4) is 0 Å². The van der Waals surface area contributed by atoms with Crippen molar-refractivity contribution in [3.8, 4) is 11.4 Å². The number of hydrogen-bond acceptors (Lipinski definition) is 6. The number of fused-ring (bicyclic) bond motifs is 3. The van der Waals surface area contributed by atoms with Gasteiger partial charge in [-0.2, -0.15) is 0 Å². The van der Waals surface area contributed by atoms with Crippen LogP contribution in [0.4, 0.5) is 0 Å². The first-order chi connectivity index (χ1) is 18.7. The molecule has 5 rings (SSSR count). The van der Waals surface area contributed by atoms with Gasteiger partial charge < -0.3 is 4.74 Å². The van der Waals surface area contributed by atoms with E-state index >= 15 is 0 Å². The van der Waals surface area contributed by atoms with E-state index in [4.69, 9.17) is 9.72 Å². The number of unbranched alkanes of at least 4 members (excludes halogenated alkanes) is 5. The highest BCUT2D eigenvalue weighted by Crippen LogP contribution is 2.35. The Labute approximate surface area is 233 Å². The fraction of sp³-hybridized carbons (Fsp3) is 0.419. The number of ether oxygens (including phenoxy) is 1. The number of methoxy groups -OCH3 is 1. The highest BCUT2D eigenvalue weighted by atomic mass is 32.2. The summed E-state index contributed by atoms with van der Waals surface area (Å²) in [5.74, 6) is 1.75. The van der Waals surface area contributed by atoms with Gasteiger partial charge in [-0.25, -0.2) is 4.98 Å². The van der Waals surface area contributed by atoms with Gasteiger partial charge in [0, 0.05) is 30.3 Å². The maximum atomic E-state index is 14.1. The number of hydrogen-bond donors (Lipinski definition) is 0. The average molecular weight is 548 g/mol. The van der Waals surface area contributed by atoms with Gasteiger partial charge in [0.05, 0.1) is 18.2 Å². The zero-order valence-electron chi connectivity index (χ0n) is 22.4. The molecule has 0 saturated heterocycles. The van der Waals surface area contributed by atoms with E-state index in [0.29, 0.717) is 0 Å². The van der Waals surface area contributed by atoms with Gasteiger partial charge in [-0.15, -0.1) is 11.3 Å². The number of thiophene rings is 1. The molecule has 0 aliphatic carbocycles. The van der Waals surface area contributed by atoms with E-state index in [1.54, 1.807) is 30.2 Å². The van der Waals surface area contributed by atoms with Crippen molar-refractivity contribution in [3.63, 3.8) is 0 Å². The molecule has 0 saturated carbocycles. The number of thioether (sulfide) groups is 1. The maximum Gasteiger partial charge on any atom is 0.267 e. The van der Waals surface area contributed by atoms with E-state index in [9.17, 15) is 4.79 Å². The molecule has 3 heterocycles. The summed E-state index contributed by atoms with van der Waals surface area (Å²) in [4.78, 5) is 23.8. The summed E-state index contributed by atoms with van der Waals surface area (Å²) in [6.45, 7) is 4.99. The molecule has 2 aromatic heterocycles. The largest absolute Gasteiger partial charge is 0.497 e. The molecule has 1 aliphatic heterocycles. The zero-order chi connectivity index (χ0) is 26.3. The lowest BCUT2D eigenvalue weighted by molar-refractivity contribution is 0.249. The summed E-state index contributed by atoms with van der Waals surface area (Å²) >= 11 is 3.42. The lowest BCUT2D eigenvalue weighted by Gasteiger charge is -2.26. The third kappa shape index (κ3) is 6.16. The van der Waals surface area contributed by atoms with E-state index in [2.05, 4.69) is 42.2 Å². The fourth-order valence-corrected chi connectivity index (χ4v) is 7.47. The number of aromatic nitrogens is 2. The Bertz CT molecular complexity index is 1400. The second kappa shape index (κ2) is 13.0. The molecule has 0 radical (unpaired) electrons. The van der Waals surface area contributed by atoms with Crippen LogP contribution in [0.15, 0.2) is 64.5 Å². The normalized spacial score (nSPS) is 13.6. The Morgan fingerprint density at radius 2 is 1.76 bits per heavy atom. The van der Waals surface area contributed by atoms with Crippen LogP contribution in [-0.2, 0) is 19.5 Å². The van der Waals surface area contributed by atoms with Crippen LogP contribution in [-0.4, -0.2) is 33.9 Å². The minimum absolute atomic E-state index is 0.0552. The van der Waals surface area contributed by atoms with Crippen molar-refractivity contribution in [2.45, 2.75) is 70.1 Å². The van der Waals surface area contributed by atoms with Crippen molar-refractivity contribution >= 4 is 33.3 Å². The Hall–Kier alpha value is -2.61. The third-order valence-electron chi connectivity index (χ3n) is 7.23. The summed E-state index contributed by atoms with van der Waals surface area (Å²) in [5, 5.41) is 1.60. The quantitative estimate of drug-likeness (QED) is 0.105. The van der Waals surface area contributed by atoms with Crippen molar-refractivity contribution in [1.82, 2.24) is 14.5 Å². The fourth-order valence-electron chi connectivity index (χ4n) is 5.16. The monoisotopic (exact) mass is 547 g/mol. The molecule has 0 atom stereocenters. The molecular weight excluding hydrogens is 510 g/mol. The average Bonchev–Trinajstić information content (AvgIpc) is 3.31. The van der Waals surface area contributed by atoms with E-state index in [1.165, 1.54) is 48.1 Å². The minimum Gasteiger partial charge on any atom is -0.497 e. The predicted molar refractivity (Wildman–Crippen MR) is 160 cm³/mol. The first-order valence-corrected chi connectivity index (χ1v) is 15.6. The molecule has 0 unspecified atom stereocenters. The number of benzene rings is 2. The lowest BCUT2D eigenvalue weighted by atomic mass is 10.0. The van der Waals surface area contributed by atoms with Gasteiger partial charge in [-0.3, -0.25) is 14.3 Å². The molecule has 0 N–H and O–H groups in total. The van der Waals surface area contributed by atoms with E-state index in [-0.39, 0.29) is 5.56 Å². The van der Waals surface area contributed by atoms with E-state index < -0.39 is 0 Å². The third-order valence-corrected chi connectivity index (χ3v) is 9.37. The standard InChI is InChI=1S/C31H37N3O2S2/c1-3-4-5-6-7-11-20-37-31-32-29-28(30(35)34(31)24-14-16-25(36-2)17-15-24)26-18-19-33(22-27(26)38-29)21-23-12-9-8-10-13-23/h8-10,12-17H,3-7,11,18-22H2,1-2H3. The molecule has 0 spiro atoms. The summed E-state index contributed by atoms with van der Waals surface area (Å²) < 4.78 is 7.19. The SMILES string of the molecule is CCCCCCCCSc1nc2sc3c(c2c(=O)n1-c1ccc(OC)cc1)CCN(Cc1ccccc1)C3. The van der Waals surface area contributed by atoms with Gasteiger partial charge >= 0.3 is 0 Å². The van der Waals surface area contributed by atoms with E-state index in [1.807, 2.05) is 28.8 Å². The van der Waals surface area contributed by atoms with Gasteiger partial charge in [0.1, 0.15) is 10.6 Å². The smallest absolute Gasteiger partial charge is 0.267 e. The molecule has 1 aliphatic rings. The van der Waals surface area contributed by atoms with Crippen LogP contribution in [0, 0.1) is 0 Å². The Morgan fingerprint density at radius 1 is 1.00 bits per heavy atom. The van der Waals surface area contributed by atoms with Crippen molar-refractivity contribution in [1.29, 1.82) is 0 Å². The molecule has 0 bridgehead atoms. The minimum atomic E-state index is 0.0552. The van der Waals surface area contributed by atoms with Crippen LogP contribution in [0.1, 0.15) is 61.5 Å². The topological polar surface area (TPSA) is 47.4 Å². The zero-order valence-corrected chi connectivity index (χ0v) is 24.1. The Morgan fingerprint density at radius 3 is 2.53 bits per heavy atom. The Kier molecular flexibility index (Phi) is 9.20. The van der Waals surface area contributed by atoms with Crippen molar-refractivity contribution < 1.29 is 4.74 Å². The van der Waals surface area contributed by atoms with Gasteiger partial charge in [-0.05, 0) is 48.2 Å². The van der Waals surface area contributed by atoms with Gasteiger partial charge in [0.15, 0.2) is 5.16 Å². The molecule has 4 aromatic rings. The Balaban J connectivity index is 1.43. The molecule has 7 heteroatoms. The van der Waals surface area contributed by atoms with Crippen LogP contribution in [0.2, 0.25) is 0 Å². The number of rotatable bonds is 12. The maximum absolute atomic E-state index is 14.1. The highest BCUT2D eigenvalue weighted by Gasteiger charge is 2.25. The van der Waals surface area contributed by atoms with Crippen molar-refractivity contribution in [3.05, 3.63) is 81.0 Å². The first-order valence-electron chi connectivity index (χ1n) is 13.8. The van der Waals surface area contributed by atoms with Gasteiger partial charge in [0.2, 0.25) is 0 Å². The molecular formula is C31H37N3O2S2. The van der Waals surface area contributed by atoms with Gasteiger partial charge in [-0.1, -0.05) is 81.1 Å². The summed E-state index contributed by atoms with van der Waals surface area (Å²) in [7, 11) is 1.66. The van der Waals surface area contributed by atoms with Crippen molar-refractivity contribution in [2.24, 2.45) is 0 Å². The molecule has 38 heavy (non-hydrogen) atoms. The predicted octanol–water partition coefficient (Wildman–Crippen LogP) is 7.47. The summed E-state index contributed by atoms with van der Waals surface area (Å²) in [5.41, 5.74) is 3.42. The molecule has 0 fully saturated rings.